The van der Waals surface area contributed by atoms with Crippen LogP contribution in [0.4, 0.5) is 5.69 Å². The number of benzene rings is 1. The SMILES string of the molecule is CCC1(CC)CN(C(=O)CCCCC(=O)O)c2ccccc21. The van der Waals surface area contributed by atoms with Crippen molar-refractivity contribution in [1.82, 2.24) is 0 Å². The van der Waals surface area contributed by atoms with E-state index in [2.05, 4.69) is 19.9 Å². The average molecular weight is 303 g/mol. The van der Waals surface area contributed by atoms with Gasteiger partial charge in [0.15, 0.2) is 0 Å². The summed E-state index contributed by atoms with van der Waals surface area (Å²) in [5, 5.41) is 8.66. The molecule has 1 amide bonds. The summed E-state index contributed by atoms with van der Waals surface area (Å²) in [4.78, 5) is 25.0. The number of hydrogen-bond donors (Lipinski definition) is 1. The lowest BCUT2D eigenvalue weighted by Crippen LogP contribution is -2.36. The lowest BCUT2D eigenvalue weighted by Gasteiger charge is -2.27. The highest BCUT2D eigenvalue weighted by Crippen LogP contribution is 2.45. The minimum Gasteiger partial charge on any atom is -0.481 e. The Hall–Kier alpha value is -1.84. The zero-order valence-electron chi connectivity index (χ0n) is 13.5. The van der Waals surface area contributed by atoms with Gasteiger partial charge >= 0.3 is 5.97 Å². The summed E-state index contributed by atoms with van der Waals surface area (Å²) in [5.41, 5.74) is 2.38. The van der Waals surface area contributed by atoms with Crippen molar-refractivity contribution in [2.75, 3.05) is 11.4 Å². The number of carbonyl (C=O) groups is 2. The van der Waals surface area contributed by atoms with Gasteiger partial charge in [0.2, 0.25) is 5.91 Å². The number of carboxylic acids is 1. The quantitative estimate of drug-likeness (QED) is 0.781. The Morgan fingerprint density at radius 1 is 1.14 bits per heavy atom. The van der Waals surface area contributed by atoms with Crippen LogP contribution in [0.1, 0.15) is 57.9 Å². The number of unbranched alkanes of at least 4 members (excludes halogenated alkanes) is 1. The summed E-state index contributed by atoms with van der Waals surface area (Å²) >= 11 is 0. The third-order valence-electron chi connectivity index (χ3n) is 4.91. The van der Waals surface area contributed by atoms with Crippen LogP contribution in [0.2, 0.25) is 0 Å². The predicted octanol–water partition coefficient (Wildman–Crippen LogP) is 3.74. The first kappa shape index (κ1) is 16.5. The smallest absolute Gasteiger partial charge is 0.303 e. The molecule has 120 valence electrons. The molecule has 22 heavy (non-hydrogen) atoms. The summed E-state index contributed by atoms with van der Waals surface area (Å²) < 4.78 is 0. The fraction of sp³-hybridized carbons (Fsp3) is 0.556. The Kier molecular flexibility index (Phi) is 5.22. The van der Waals surface area contributed by atoms with E-state index in [4.69, 9.17) is 5.11 Å². The van der Waals surface area contributed by atoms with E-state index >= 15 is 0 Å². The van der Waals surface area contributed by atoms with Crippen LogP contribution in [-0.2, 0) is 15.0 Å². The van der Waals surface area contributed by atoms with Gasteiger partial charge in [-0.1, -0.05) is 32.0 Å². The molecule has 2 rings (SSSR count). The number of carboxylic acid groups (broad SMARTS) is 1. The molecule has 1 N–H and O–H groups in total. The minimum absolute atomic E-state index is 0.0628. The second-order valence-corrected chi connectivity index (χ2v) is 6.09. The van der Waals surface area contributed by atoms with Crippen LogP contribution in [0.5, 0.6) is 0 Å². The van der Waals surface area contributed by atoms with Gasteiger partial charge in [-0.3, -0.25) is 9.59 Å². The van der Waals surface area contributed by atoms with Gasteiger partial charge in [0.25, 0.3) is 0 Å². The zero-order valence-corrected chi connectivity index (χ0v) is 13.5. The monoisotopic (exact) mass is 303 g/mol. The van der Waals surface area contributed by atoms with Crippen LogP contribution in [-0.4, -0.2) is 23.5 Å². The molecule has 1 aromatic rings. The highest BCUT2D eigenvalue weighted by atomic mass is 16.4. The molecule has 1 heterocycles. The highest BCUT2D eigenvalue weighted by molar-refractivity contribution is 5.96. The number of amides is 1. The summed E-state index contributed by atoms with van der Waals surface area (Å²) in [6.45, 7) is 5.11. The van der Waals surface area contributed by atoms with Crippen molar-refractivity contribution in [2.24, 2.45) is 0 Å². The second-order valence-electron chi connectivity index (χ2n) is 6.09. The van der Waals surface area contributed by atoms with Crippen molar-refractivity contribution in [3.8, 4) is 0 Å². The number of hydrogen-bond acceptors (Lipinski definition) is 2. The average Bonchev–Trinajstić information content (AvgIpc) is 2.87. The van der Waals surface area contributed by atoms with Crippen LogP contribution in [0.25, 0.3) is 0 Å². The first-order chi connectivity index (χ1) is 10.5. The van der Waals surface area contributed by atoms with Gasteiger partial charge in [0.1, 0.15) is 0 Å². The van der Waals surface area contributed by atoms with E-state index in [1.165, 1.54) is 5.56 Å². The number of rotatable bonds is 7. The Morgan fingerprint density at radius 2 is 1.77 bits per heavy atom. The summed E-state index contributed by atoms with van der Waals surface area (Å²) in [5.74, 6) is -0.684. The fourth-order valence-corrected chi connectivity index (χ4v) is 3.39. The first-order valence-electron chi connectivity index (χ1n) is 8.15. The lowest BCUT2D eigenvalue weighted by atomic mass is 9.78. The van der Waals surface area contributed by atoms with Gasteiger partial charge in [-0.25, -0.2) is 0 Å². The third kappa shape index (κ3) is 3.16. The molecule has 0 bridgehead atoms. The molecule has 1 aliphatic heterocycles. The van der Waals surface area contributed by atoms with Gasteiger partial charge in [0, 0.05) is 30.5 Å². The van der Waals surface area contributed by atoms with Crippen molar-refractivity contribution in [2.45, 2.75) is 57.8 Å². The molecule has 4 heteroatoms. The van der Waals surface area contributed by atoms with Crippen LogP contribution in [0.15, 0.2) is 24.3 Å². The van der Waals surface area contributed by atoms with E-state index < -0.39 is 5.97 Å². The van der Waals surface area contributed by atoms with Crippen molar-refractivity contribution >= 4 is 17.6 Å². The fourth-order valence-electron chi connectivity index (χ4n) is 3.39. The normalized spacial score (nSPS) is 15.6. The molecule has 0 radical (unpaired) electrons. The standard InChI is InChI=1S/C18H25NO3/c1-3-18(4-2)13-19(15-10-6-5-9-14(15)18)16(20)11-7-8-12-17(21)22/h5-6,9-10H,3-4,7-8,11-13H2,1-2H3,(H,21,22). The molecule has 0 aliphatic carbocycles. The molecule has 0 saturated carbocycles. The summed E-state index contributed by atoms with van der Waals surface area (Å²) in [6.07, 6.45) is 3.79. The molecule has 1 aromatic carbocycles. The van der Waals surface area contributed by atoms with E-state index in [0.29, 0.717) is 19.3 Å². The van der Waals surface area contributed by atoms with Crippen LogP contribution in [0, 0.1) is 0 Å². The van der Waals surface area contributed by atoms with E-state index in [1.807, 2.05) is 23.1 Å². The van der Waals surface area contributed by atoms with Gasteiger partial charge in [0.05, 0.1) is 0 Å². The van der Waals surface area contributed by atoms with Crippen molar-refractivity contribution in [3.05, 3.63) is 29.8 Å². The maximum absolute atomic E-state index is 12.6. The van der Waals surface area contributed by atoms with Gasteiger partial charge in [-0.15, -0.1) is 0 Å². The third-order valence-corrected chi connectivity index (χ3v) is 4.91. The molecule has 1 aliphatic rings. The number of fused-ring (bicyclic) bond motifs is 1. The number of carbonyl (C=O) groups excluding carboxylic acids is 1. The van der Waals surface area contributed by atoms with E-state index in [-0.39, 0.29) is 17.7 Å². The van der Waals surface area contributed by atoms with Crippen LogP contribution < -0.4 is 4.90 Å². The molecule has 0 atom stereocenters. The van der Waals surface area contributed by atoms with Crippen LogP contribution in [0.3, 0.4) is 0 Å². The van der Waals surface area contributed by atoms with Gasteiger partial charge in [-0.2, -0.15) is 0 Å². The maximum atomic E-state index is 12.6. The molecule has 0 saturated heterocycles. The Balaban J connectivity index is 2.09. The highest BCUT2D eigenvalue weighted by Gasteiger charge is 2.41. The lowest BCUT2D eigenvalue weighted by molar-refractivity contribution is -0.137. The molecule has 0 aromatic heterocycles. The maximum Gasteiger partial charge on any atom is 0.303 e. The molecule has 0 spiro atoms. The molecular weight excluding hydrogens is 278 g/mol. The minimum atomic E-state index is -0.796. The molecular formula is C18H25NO3. The summed E-state index contributed by atoms with van der Waals surface area (Å²) in [6, 6.07) is 8.18. The van der Waals surface area contributed by atoms with E-state index in [0.717, 1.165) is 25.1 Å². The zero-order chi connectivity index (χ0) is 16.2. The first-order valence-corrected chi connectivity index (χ1v) is 8.15. The summed E-state index contributed by atoms with van der Waals surface area (Å²) in [7, 11) is 0. The Bertz CT molecular complexity index is 549. The van der Waals surface area contributed by atoms with Crippen molar-refractivity contribution in [3.63, 3.8) is 0 Å². The molecule has 0 unspecified atom stereocenters. The van der Waals surface area contributed by atoms with Crippen molar-refractivity contribution < 1.29 is 14.7 Å². The molecule has 4 nitrogen and oxygen atoms in total. The Labute approximate surface area is 132 Å². The topological polar surface area (TPSA) is 57.6 Å². The number of aliphatic carboxylic acids is 1. The number of anilines is 1. The van der Waals surface area contributed by atoms with Gasteiger partial charge in [-0.05, 0) is 37.3 Å². The van der Waals surface area contributed by atoms with Crippen LogP contribution >= 0.6 is 0 Å². The Morgan fingerprint density at radius 3 is 2.41 bits per heavy atom. The number of nitrogens with zero attached hydrogens (tertiary/aromatic N) is 1. The van der Waals surface area contributed by atoms with E-state index in [1.54, 1.807) is 0 Å². The van der Waals surface area contributed by atoms with E-state index in [9.17, 15) is 9.59 Å². The number of para-hydroxylation sites is 1. The second kappa shape index (κ2) is 6.95. The molecule has 0 fully saturated rings. The van der Waals surface area contributed by atoms with Crippen molar-refractivity contribution in [1.29, 1.82) is 0 Å². The largest absolute Gasteiger partial charge is 0.481 e. The predicted molar refractivity (Wildman–Crippen MR) is 87.2 cm³/mol. The van der Waals surface area contributed by atoms with Gasteiger partial charge < -0.3 is 10.0 Å².